The van der Waals surface area contributed by atoms with Gasteiger partial charge in [0.1, 0.15) is 0 Å². The second-order valence-corrected chi connectivity index (χ2v) is 4.31. The van der Waals surface area contributed by atoms with Crippen LogP contribution in [0.4, 0.5) is 0 Å². The fourth-order valence-electron chi connectivity index (χ4n) is 2.40. The van der Waals surface area contributed by atoms with Gasteiger partial charge in [0.05, 0.1) is 24.7 Å². The topological polar surface area (TPSA) is 78.6 Å². The number of esters is 1. The Bertz CT molecular complexity index is 401. The smallest absolute Gasteiger partial charge is 0.330 e. The number of primary amides is 1. The first kappa shape index (κ1) is 11.9. The van der Waals surface area contributed by atoms with Crippen LogP contribution < -0.4 is 5.73 Å². The van der Waals surface area contributed by atoms with Crippen LogP contribution in [0.15, 0.2) is 24.3 Å². The number of hydrogen-bond acceptors (Lipinski definition) is 4. The van der Waals surface area contributed by atoms with Gasteiger partial charge in [-0.1, -0.05) is 18.2 Å². The molecule has 0 saturated carbocycles. The van der Waals surface area contributed by atoms with Crippen molar-refractivity contribution in [1.29, 1.82) is 0 Å². The Labute approximate surface area is 99.3 Å². The van der Waals surface area contributed by atoms with Gasteiger partial charge in [-0.3, -0.25) is 4.79 Å². The Morgan fingerprint density at radius 2 is 2.47 bits per heavy atom. The molecule has 17 heavy (non-hydrogen) atoms. The van der Waals surface area contributed by atoms with Crippen molar-refractivity contribution in [2.24, 2.45) is 11.1 Å². The predicted molar refractivity (Wildman–Crippen MR) is 59.8 cm³/mol. The maximum Gasteiger partial charge on any atom is 0.330 e. The zero-order chi connectivity index (χ0) is 12.5. The first-order chi connectivity index (χ1) is 8.08. The second-order valence-electron chi connectivity index (χ2n) is 4.31. The molecule has 0 radical (unpaired) electrons. The molecular formula is C12H15NO4. The van der Waals surface area contributed by atoms with Crippen molar-refractivity contribution < 1.29 is 19.1 Å². The molecule has 0 spiro atoms. The van der Waals surface area contributed by atoms with E-state index in [1.165, 1.54) is 0 Å². The summed E-state index contributed by atoms with van der Waals surface area (Å²) in [4.78, 5) is 22.4. The molecule has 2 bridgehead atoms. The van der Waals surface area contributed by atoms with Gasteiger partial charge in [-0.2, -0.15) is 0 Å². The molecule has 2 rings (SSSR count). The molecule has 0 aromatic heterocycles. The lowest BCUT2D eigenvalue weighted by Crippen LogP contribution is -2.38. The van der Waals surface area contributed by atoms with E-state index in [1.807, 2.05) is 6.08 Å². The first-order valence-electron chi connectivity index (χ1n) is 5.50. The Balaban J connectivity index is 1.97. The summed E-state index contributed by atoms with van der Waals surface area (Å²) in [7, 11) is 0. The number of carbonyl (C=O) groups is 2. The highest BCUT2D eigenvalue weighted by molar-refractivity contribution is 5.86. The van der Waals surface area contributed by atoms with Gasteiger partial charge in [-0.15, -0.1) is 0 Å². The molecule has 2 N–H and O–H groups in total. The Morgan fingerprint density at radius 1 is 1.71 bits per heavy atom. The van der Waals surface area contributed by atoms with E-state index in [4.69, 9.17) is 15.2 Å². The normalized spacial score (nSPS) is 29.9. The van der Waals surface area contributed by atoms with E-state index in [2.05, 4.69) is 6.58 Å². The lowest BCUT2D eigenvalue weighted by atomic mass is 9.81. The van der Waals surface area contributed by atoms with Gasteiger partial charge in [0.2, 0.25) is 5.91 Å². The number of carbonyl (C=O) groups excluding carboxylic acids is 2. The van der Waals surface area contributed by atoms with Crippen LogP contribution in [0.2, 0.25) is 0 Å². The van der Waals surface area contributed by atoms with Crippen molar-refractivity contribution in [1.82, 2.24) is 0 Å². The van der Waals surface area contributed by atoms with Crippen molar-refractivity contribution in [3.63, 3.8) is 0 Å². The molecule has 2 unspecified atom stereocenters. The second kappa shape index (κ2) is 4.33. The van der Waals surface area contributed by atoms with Crippen molar-refractivity contribution >= 4 is 11.9 Å². The van der Waals surface area contributed by atoms with E-state index in [0.29, 0.717) is 19.4 Å². The summed E-state index contributed by atoms with van der Waals surface area (Å²) in [6, 6.07) is 0. The Hall–Kier alpha value is -1.62. The fourth-order valence-corrected chi connectivity index (χ4v) is 2.40. The summed E-state index contributed by atoms with van der Waals surface area (Å²) in [6.07, 6.45) is 4.14. The predicted octanol–water partition coefficient (Wildman–Crippen LogP) is 0.306. The molecule has 1 aliphatic heterocycles. The van der Waals surface area contributed by atoms with Gasteiger partial charge in [0.15, 0.2) is 0 Å². The summed E-state index contributed by atoms with van der Waals surface area (Å²) in [5.41, 5.74) is 5.69. The highest BCUT2D eigenvalue weighted by Crippen LogP contribution is 2.47. The van der Waals surface area contributed by atoms with Crippen LogP contribution in [-0.4, -0.2) is 31.2 Å². The molecule has 1 fully saturated rings. The lowest BCUT2D eigenvalue weighted by Gasteiger charge is -2.25. The summed E-state index contributed by atoms with van der Waals surface area (Å²) in [6.45, 7) is 3.88. The van der Waals surface area contributed by atoms with E-state index in [9.17, 15) is 9.59 Å². The van der Waals surface area contributed by atoms with E-state index in [-0.39, 0.29) is 18.6 Å². The van der Waals surface area contributed by atoms with Gasteiger partial charge in [0, 0.05) is 12.5 Å². The largest absolute Gasteiger partial charge is 0.462 e. The SMILES string of the molecule is C=CC(=O)OCCC1=CC2CC1(C(N)=O)CO2. The van der Waals surface area contributed by atoms with Crippen molar-refractivity contribution in [3.05, 3.63) is 24.3 Å². The van der Waals surface area contributed by atoms with Crippen LogP contribution in [0.1, 0.15) is 12.8 Å². The van der Waals surface area contributed by atoms with Crippen LogP contribution in [-0.2, 0) is 19.1 Å². The van der Waals surface area contributed by atoms with Crippen LogP contribution in [0.3, 0.4) is 0 Å². The third-order valence-corrected chi connectivity index (χ3v) is 3.35. The summed E-state index contributed by atoms with van der Waals surface area (Å²) in [5, 5.41) is 0. The highest BCUT2D eigenvalue weighted by atomic mass is 16.5. The van der Waals surface area contributed by atoms with E-state index >= 15 is 0 Å². The minimum atomic E-state index is -0.675. The van der Waals surface area contributed by atoms with Gasteiger partial charge >= 0.3 is 5.97 Å². The monoisotopic (exact) mass is 237 g/mol. The van der Waals surface area contributed by atoms with Crippen LogP contribution >= 0.6 is 0 Å². The standard InChI is InChI=1S/C12H15NO4/c1-2-10(14)16-4-3-8-5-9-6-12(8,7-17-9)11(13)15/h2,5,9H,1,3-4,6-7H2,(H2,13,15). The van der Waals surface area contributed by atoms with Crippen LogP contribution in [0.5, 0.6) is 0 Å². The minimum Gasteiger partial charge on any atom is -0.462 e. The van der Waals surface area contributed by atoms with Gasteiger partial charge in [0.25, 0.3) is 0 Å². The average Bonchev–Trinajstić information content (AvgIpc) is 2.87. The number of amides is 1. The minimum absolute atomic E-state index is 0.0207. The molecule has 2 aliphatic rings. The number of ether oxygens (including phenoxy) is 2. The molecular weight excluding hydrogens is 222 g/mol. The average molecular weight is 237 g/mol. The fraction of sp³-hybridized carbons (Fsp3) is 0.500. The zero-order valence-corrected chi connectivity index (χ0v) is 9.48. The highest BCUT2D eigenvalue weighted by Gasteiger charge is 2.51. The van der Waals surface area contributed by atoms with Crippen LogP contribution in [0, 0.1) is 5.41 Å². The lowest BCUT2D eigenvalue weighted by molar-refractivity contribution is -0.137. The quantitative estimate of drug-likeness (QED) is 0.424. The maximum atomic E-state index is 11.5. The number of rotatable bonds is 5. The van der Waals surface area contributed by atoms with Crippen molar-refractivity contribution in [2.75, 3.05) is 13.2 Å². The Kier molecular flexibility index (Phi) is 3.02. The molecule has 1 heterocycles. The third-order valence-electron chi connectivity index (χ3n) is 3.35. The van der Waals surface area contributed by atoms with Crippen LogP contribution in [0.25, 0.3) is 0 Å². The van der Waals surface area contributed by atoms with Crippen molar-refractivity contribution in [3.8, 4) is 0 Å². The molecule has 0 aromatic rings. The molecule has 2 atom stereocenters. The molecule has 0 aromatic carbocycles. The van der Waals surface area contributed by atoms with E-state index in [0.717, 1.165) is 11.6 Å². The molecule has 5 heteroatoms. The van der Waals surface area contributed by atoms with Gasteiger partial charge in [-0.25, -0.2) is 4.79 Å². The maximum absolute atomic E-state index is 11.5. The summed E-state index contributed by atoms with van der Waals surface area (Å²) < 4.78 is 10.3. The number of hydrogen-bond donors (Lipinski definition) is 1. The van der Waals surface area contributed by atoms with E-state index < -0.39 is 11.4 Å². The number of fused-ring (bicyclic) bond motifs is 2. The molecule has 1 aliphatic carbocycles. The van der Waals surface area contributed by atoms with Gasteiger partial charge in [-0.05, 0) is 6.42 Å². The zero-order valence-electron chi connectivity index (χ0n) is 9.48. The third kappa shape index (κ3) is 1.98. The molecule has 1 amide bonds. The number of nitrogens with two attached hydrogens (primary N) is 1. The molecule has 1 saturated heterocycles. The van der Waals surface area contributed by atoms with E-state index in [1.54, 1.807) is 0 Å². The first-order valence-corrected chi connectivity index (χ1v) is 5.50. The van der Waals surface area contributed by atoms with Gasteiger partial charge < -0.3 is 15.2 Å². The van der Waals surface area contributed by atoms with Crippen molar-refractivity contribution in [2.45, 2.75) is 18.9 Å². The summed E-state index contributed by atoms with van der Waals surface area (Å²) >= 11 is 0. The Morgan fingerprint density at radius 3 is 3.06 bits per heavy atom. The molecule has 5 nitrogen and oxygen atoms in total. The molecule has 92 valence electrons. The summed E-state index contributed by atoms with van der Waals surface area (Å²) in [5.74, 6) is -0.822.